The van der Waals surface area contributed by atoms with E-state index in [0.717, 1.165) is 11.3 Å². The van der Waals surface area contributed by atoms with Gasteiger partial charge in [-0.05, 0) is 54.8 Å². The van der Waals surface area contributed by atoms with E-state index >= 15 is 0 Å². The largest absolute Gasteiger partial charge is 0.497 e. The normalized spacial score (nSPS) is 12.0. The fraction of sp³-hybridized carbons (Fsp3) is 0.346. The Kier molecular flexibility index (Phi) is 7.86. The van der Waals surface area contributed by atoms with Crippen LogP contribution in [0.4, 0.5) is 0 Å². The maximum atomic E-state index is 13.7. The first-order valence-corrected chi connectivity index (χ1v) is 11.1. The van der Waals surface area contributed by atoms with Gasteiger partial charge >= 0.3 is 0 Å². The first kappa shape index (κ1) is 23.7. The lowest BCUT2D eigenvalue weighted by atomic mass is 10.0. The first-order chi connectivity index (χ1) is 15.3. The summed E-state index contributed by atoms with van der Waals surface area (Å²) in [6, 6.07) is 17.2. The number of methoxy groups -OCH3 is 2. The van der Waals surface area contributed by atoms with Crippen molar-refractivity contribution in [2.75, 3.05) is 14.2 Å². The molecule has 0 bridgehead atoms. The standard InChI is InChI=1S/C26H31ClN2O3/c1-18(2)19(3)29(26(30)24-12-11-23(31-4)15-25(24)32-5)17-22-10-7-13-28(22)16-20-8-6-9-21(27)14-20/h6-15,18-19H,16-17H2,1-5H3. The molecule has 3 rings (SSSR count). The topological polar surface area (TPSA) is 43.7 Å². The summed E-state index contributed by atoms with van der Waals surface area (Å²) < 4.78 is 12.9. The number of halogens is 1. The van der Waals surface area contributed by atoms with Crippen LogP contribution in [-0.2, 0) is 13.1 Å². The molecule has 0 saturated heterocycles. The first-order valence-electron chi connectivity index (χ1n) is 10.8. The molecule has 0 radical (unpaired) electrons. The summed E-state index contributed by atoms with van der Waals surface area (Å²) in [4.78, 5) is 15.6. The van der Waals surface area contributed by atoms with Crippen molar-refractivity contribution in [3.8, 4) is 11.5 Å². The molecular weight excluding hydrogens is 424 g/mol. The van der Waals surface area contributed by atoms with Gasteiger partial charge in [0.15, 0.2) is 0 Å². The third kappa shape index (κ3) is 5.46. The van der Waals surface area contributed by atoms with Gasteiger partial charge in [-0.3, -0.25) is 4.79 Å². The third-order valence-electron chi connectivity index (χ3n) is 5.85. The van der Waals surface area contributed by atoms with Crippen LogP contribution in [0.2, 0.25) is 5.02 Å². The second-order valence-electron chi connectivity index (χ2n) is 8.24. The van der Waals surface area contributed by atoms with Crippen molar-refractivity contribution in [3.63, 3.8) is 0 Å². The van der Waals surface area contributed by atoms with Gasteiger partial charge in [0.25, 0.3) is 5.91 Å². The molecule has 5 nitrogen and oxygen atoms in total. The number of carbonyl (C=O) groups is 1. The Balaban J connectivity index is 1.92. The zero-order valence-electron chi connectivity index (χ0n) is 19.3. The maximum absolute atomic E-state index is 13.7. The Morgan fingerprint density at radius 1 is 1.03 bits per heavy atom. The molecule has 1 unspecified atom stereocenters. The minimum atomic E-state index is -0.0683. The van der Waals surface area contributed by atoms with Crippen LogP contribution in [0, 0.1) is 5.92 Å². The Bertz CT molecular complexity index is 1060. The molecule has 0 N–H and O–H groups in total. The number of amides is 1. The van der Waals surface area contributed by atoms with Crippen molar-refractivity contribution in [3.05, 3.63) is 82.6 Å². The second kappa shape index (κ2) is 10.6. The van der Waals surface area contributed by atoms with Gasteiger partial charge in [0.2, 0.25) is 0 Å². The van der Waals surface area contributed by atoms with Crippen molar-refractivity contribution in [1.82, 2.24) is 9.47 Å². The smallest absolute Gasteiger partial charge is 0.258 e. The predicted octanol–water partition coefficient (Wildman–Crippen LogP) is 5.89. The van der Waals surface area contributed by atoms with Crippen LogP contribution in [0.3, 0.4) is 0 Å². The fourth-order valence-corrected chi connectivity index (χ4v) is 3.86. The van der Waals surface area contributed by atoms with Crippen molar-refractivity contribution in [2.24, 2.45) is 5.92 Å². The molecule has 0 saturated carbocycles. The van der Waals surface area contributed by atoms with Crippen LogP contribution >= 0.6 is 11.6 Å². The summed E-state index contributed by atoms with van der Waals surface area (Å²) in [7, 11) is 3.16. The molecule has 1 atom stereocenters. The van der Waals surface area contributed by atoms with Gasteiger partial charge in [-0.2, -0.15) is 0 Å². The van der Waals surface area contributed by atoms with E-state index < -0.39 is 0 Å². The summed E-state index contributed by atoms with van der Waals surface area (Å²) >= 11 is 6.16. The van der Waals surface area contributed by atoms with Gasteiger partial charge < -0.3 is 18.9 Å². The fourth-order valence-electron chi connectivity index (χ4n) is 3.64. The number of aromatic nitrogens is 1. The average Bonchev–Trinajstić information content (AvgIpc) is 3.22. The molecule has 3 aromatic rings. The quantitative estimate of drug-likeness (QED) is 0.404. The Morgan fingerprint density at radius 3 is 2.47 bits per heavy atom. The monoisotopic (exact) mass is 454 g/mol. The van der Waals surface area contributed by atoms with Gasteiger partial charge in [0, 0.05) is 35.6 Å². The van der Waals surface area contributed by atoms with E-state index in [-0.39, 0.29) is 11.9 Å². The van der Waals surface area contributed by atoms with Crippen LogP contribution in [0.5, 0.6) is 11.5 Å². The summed E-state index contributed by atoms with van der Waals surface area (Å²) in [5, 5.41) is 0.716. The molecule has 170 valence electrons. The van der Waals surface area contributed by atoms with Gasteiger partial charge in [0.1, 0.15) is 11.5 Å². The molecule has 0 spiro atoms. The van der Waals surface area contributed by atoms with Crippen LogP contribution in [0.15, 0.2) is 60.8 Å². The number of hydrogen-bond acceptors (Lipinski definition) is 3. The molecule has 1 amide bonds. The predicted molar refractivity (Wildman–Crippen MR) is 129 cm³/mol. The Morgan fingerprint density at radius 2 is 1.81 bits per heavy atom. The molecule has 6 heteroatoms. The number of rotatable bonds is 9. The van der Waals surface area contributed by atoms with Crippen molar-refractivity contribution in [2.45, 2.75) is 39.9 Å². The minimum absolute atomic E-state index is 0.0313. The zero-order valence-corrected chi connectivity index (χ0v) is 20.1. The maximum Gasteiger partial charge on any atom is 0.258 e. The summed E-state index contributed by atoms with van der Waals surface area (Å²) in [6.45, 7) is 7.51. The van der Waals surface area contributed by atoms with E-state index in [1.807, 2.05) is 35.4 Å². The van der Waals surface area contributed by atoms with Crippen molar-refractivity contribution in [1.29, 1.82) is 0 Å². The zero-order chi connectivity index (χ0) is 23.3. The van der Waals surface area contributed by atoms with Crippen LogP contribution in [0.25, 0.3) is 0 Å². The van der Waals surface area contributed by atoms with E-state index in [9.17, 15) is 4.79 Å². The number of benzene rings is 2. The molecule has 0 aliphatic rings. The lowest BCUT2D eigenvalue weighted by molar-refractivity contribution is 0.0619. The Labute approximate surface area is 195 Å². The molecule has 0 aliphatic heterocycles. The van der Waals surface area contributed by atoms with Crippen molar-refractivity contribution < 1.29 is 14.3 Å². The summed E-state index contributed by atoms with van der Waals surface area (Å²) in [5.74, 6) is 1.38. The van der Waals surface area contributed by atoms with Crippen LogP contribution < -0.4 is 9.47 Å². The van der Waals surface area contributed by atoms with Gasteiger partial charge in [-0.1, -0.05) is 37.6 Å². The van der Waals surface area contributed by atoms with E-state index in [1.165, 1.54) is 0 Å². The molecule has 32 heavy (non-hydrogen) atoms. The number of nitrogens with zero attached hydrogens (tertiary/aromatic N) is 2. The molecule has 0 aliphatic carbocycles. The molecule has 1 aromatic heterocycles. The summed E-state index contributed by atoms with van der Waals surface area (Å²) in [6.07, 6.45) is 2.03. The molecule has 2 aromatic carbocycles. The number of hydrogen-bond donors (Lipinski definition) is 0. The molecule has 1 heterocycles. The highest BCUT2D eigenvalue weighted by atomic mass is 35.5. The van der Waals surface area contributed by atoms with Crippen LogP contribution in [-0.4, -0.2) is 35.6 Å². The average molecular weight is 455 g/mol. The highest BCUT2D eigenvalue weighted by molar-refractivity contribution is 6.30. The van der Waals surface area contributed by atoms with Crippen LogP contribution in [0.1, 0.15) is 42.4 Å². The van der Waals surface area contributed by atoms with Gasteiger partial charge in [0.05, 0.1) is 26.3 Å². The molecule has 0 fully saturated rings. The lowest BCUT2D eigenvalue weighted by Gasteiger charge is -2.33. The number of carbonyl (C=O) groups excluding carboxylic acids is 1. The number of ether oxygens (including phenoxy) is 2. The second-order valence-corrected chi connectivity index (χ2v) is 8.68. The van der Waals surface area contributed by atoms with Gasteiger partial charge in [-0.25, -0.2) is 0 Å². The van der Waals surface area contributed by atoms with E-state index in [1.54, 1.807) is 32.4 Å². The molecular formula is C26H31ClN2O3. The lowest BCUT2D eigenvalue weighted by Crippen LogP contribution is -2.41. The van der Waals surface area contributed by atoms with Crippen molar-refractivity contribution >= 4 is 17.5 Å². The van der Waals surface area contributed by atoms with E-state index in [2.05, 4.69) is 37.5 Å². The van der Waals surface area contributed by atoms with E-state index in [4.69, 9.17) is 21.1 Å². The highest BCUT2D eigenvalue weighted by Gasteiger charge is 2.27. The summed E-state index contributed by atoms with van der Waals surface area (Å²) in [5.41, 5.74) is 2.69. The third-order valence-corrected chi connectivity index (χ3v) is 6.09. The SMILES string of the molecule is COc1ccc(C(=O)N(Cc2cccn2Cc2cccc(Cl)c2)C(C)C(C)C)c(OC)c1. The van der Waals surface area contributed by atoms with E-state index in [0.29, 0.717) is 41.1 Å². The Hall–Kier alpha value is -2.92. The van der Waals surface area contributed by atoms with Gasteiger partial charge in [-0.15, -0.1) is 0 Å². The minimum Gasteiger partial charge on any atom is -0.497 e. The highest BCUT2D eigenvalue weighted by Crippen LogP contribution is 2.28.